The SMILES string of the molecule is CNCc1nc(-c2cc(C)c(OCc3ccccc3)cc2C)cs1. The fourth-order valence-corrected chi connectivity index (χ4v) is 3.43. The van der Waals surface area contributed by atoms with Crippen molar-refractivity contribution in [1.82, 2.24) is 10.3 Å². The highest BCUT2D eigenvalue weighted by Gasteiger charge is 2.11. The molecule has 24 heavy (non-hydrogen) atoms. The van der Waals surface area contributed by atoms with E-state index in [1.165, 1.54) is 16.7 Å². The maximum absolute atomic E-state index is 6.01. The van der Waals surface area contributed by atoms with Crippen molar-refractivity contribution < 1.29 is 4.74 Å². The van der Waals surface area contributed by atoms with Crippen LogP contribution in [0, 0.1) is 13.8 Å². The van der Waals surface area contributed by atoms with Gasteiger partial charge in [0.1, 0.15) is 17.4 Å². The van der Waals surface area contributed by atoms with E-state index in [-0.39, 0.29) is 0 Å². The lowest BCUT2D eigenvalue weighted by molar-refractivity contribution is 0.304. The summed E-state index contributed by atoms with van der Waals surface area (Å²) in [7, 11) is 1.94. The number of ether oxygens (including phenoxy) is 1. The van der Waals surface area contributed by atoms with Crippen LogP contribution in [0.1, 0.15) is 21.7 Å². The van der Waals surface area contributed by atoms with Crippen LogP contribution in [-0.4, -0.2) is 12.0 Å². The Labute approximate surface area is 147 Å². The van der Waals surface area contributed by atoms with Crippen molar-refractivity contribution in [2.75, 3.05) is 7.05 Å². The Bertz CT molecular complexity index is 812. The summed E-state index contributed by atoms with van der Waals surface area (Å²) in [5.41, 5.74) is 5.72. The second-order valence-electron chi connectivity index (χ2n) is 5.86. The lowest BCUT2D eigenvalue weighted by Crippen LogP contribution is -2.04. The second kappa shape index (κ2) is 7.60. The minimum atomic E-state index is 0.587. The molecule has 124 valence electrons. The fraction of sp³-hybridized carbons (Fsp3) is 0.250. The summed E-state index contributed by atoms with van der Waals surface area (Å²) in [5, 5.41) is 6.37. The van der Waals surface area contributed by atoms with E-state index in [2.05, 4.69) is 48.8 Å². The number of nitrogens with one attached hydrogen (secondary N) is 1. The first-order chi connectivity index (χ1) is 11.7. The molecule has 0 aliphatic rings. The standard InChI is InChI=1S/C20H22N2OS/c1-14-10-19(23-12-16-7-5-4-6-8-16)15(2)9-17(14)18-13-24-20(22-18)11-21-3/h4-10,13,21H,11-12H2,1-3H3. The third-order valence-electron chi connectivity index (χ3n) is 3.91. The number of benzene rings is 2. The van der Waals surface area contributed by atoms with Crippen molar-refractivity contribution in [3.63, 3.8) is 0 Å². The molecule has 0 bridgehead atoms. The fourth-order valence-electron chi connectivity index (χ4n) is 2.62. The van der Waals surface area contributed by atoms with Crippen LogP contribution in [0.25, 0.3) is 11.3 Å². The molecule has 3 aromatic rings. The van der Waals surface area contributed by atoms with Crippen LogP contribution in [0.4, 0.5) is 0 Å². The molecule has 3 nitrogen and oxygen atoms in total. The van der Waals surface area contributed by atoms with Crippen LogP contribution < -0.4 is 10.1 Å². The summed E-state index contributed by atoms with van der Waals surface area (Å²) in [4.78, 5) is 4.71. The van der Waals surface area contributed by atoms with Gasteiger partial charge in [0, 0.05) is 17.5 Å². The minimum absolute atomic E-state index is 0.587. The van der Waals surface area contributed by atoms with Gasteiger partial charge in [0.05, 0.1) is 5.69 Å². The number of nitrogens with zero attached hydrogens (tertiary/aromatic N) is 1. The Hall–Kier alpha value is -2.17. The van der Waals surface area contributed by atoms with Crippen LogP contribution in [0.2, 0.25) is 0 Å². The predicted octanol–water partition coefficient (Wildman–Crippen LogP) is 4.73. The Balaban J connectivity index is 1.80. The molecule has 4 heteroatoms. The summed E-state index contributed by atoms with van der Waals surface area (Å²) < 4.78 is 6.01. The minimum Gasteiger partial charge on any atom is -0.489 e. The summed E-state index contributed by atoms with van der Waals surface area (Å²) in [6.07, 6.45) is 0. The van der Waals surface area contributed by atoms with Gasteiger partial charge < -0.3 is 10.1 Å². The molecule has 0 unspecified atom stereocenters. The molecule has 0 fully saturated rings. The van der Waals surface area contributed by atoms with Gasteiger partial charge in [-0.1, -0.05) is 30.3 Å². The van der Waals surface area contributed by atoms with Gasteiger partial charge in [0.2, 0.25) is 0 Å². The number of thiazole rings is 1. The Morgan fingerprint density at radius 3 is 2.62 bits per heavy atom. The van der Waals surface area contributed by atoms with Crippen molar-refractivity contribution >= 4 is 11.3 Å². The highest BCUT2D eigenvalue weighted by atomic mass is 32.1. The number of hydrogen-bond donors (Lipinski definition) is 1. The van der Waals surface area contributed by atoms with Crippen molar-refractivity contribution in [2.45, 2.75) is 27.0 Å². The van der Waals surface area contributed by atoms with E-state index in [9.17, 15) is 0 Å². The van der Waals surface area contributed by atoms with Gasteiger partial charge in [-0.05, 0) is 49.7 Å². The maximum Gasteiger partial charge on any atom is 0.123 e. The van der Waals surface area contributed by atoms with Crippen LogP contribution in [0.3, 0.4) is 0 Å². The summed E-state index contributed by atoms with van der Waals surface area (Å²) in [6.45, 7) is 5.59. The van der Waals surface area contributed by atoms with Crippen LogP contribution in [0.5, 0.6) is 5.75 Å². The highest BCUT2D eigenvalue weighted by molar-refractivity contribution is 7.09. The molecule has 0 aliphatic heterocycles. The molecule has 2 aromatic carbocycles. The van der Waals surface area contributed by atoms with E-state index in [1.807, 2.05) is 25.2 Å². The smallest absolute Gasteiger partial charge is 0.123 e. The molecule has 0 aliphatic carbocycles. The van der Waals surface area contributed by atoms with Crippen molar-refractivity contribution in [3.8, 4) is 17.0 Å². The topological polar surface area (TPSA) is 34.2 Å². The zero-order valence-electron chi connectivity index (χ0n) is 14.3. The number of rotatable bonds is 6. The molecule has 1 N–H and O–H groups in total. The zero-order valence-corrected chi connectivity index (χ0v) is 15.1. The summed E-state index contributed by atoms with van der Waals surface area (Å²) >= 11 is 1.69. The molecule has 1 aromatic heterocycles. The number of aryl methyl sites for hydroxylation is 2. The van der Waals surface area contributed by atoms with Gasteiger partial charge in [-0.3, -0.25) is 0 Å². The largest absolute Gasteiger partial charge is 0.489 e. The lowest BCUT2D eigenvalue weighted by atomic mass is 10.0. The summed E-state index contributed by atoms with van der Waals surface area (Å²) in [5.74, 6) is 0.936. The third-order valence-corrected chi connectivity index (χ3v) is 4.76. The van der Waals surface area contributed by atoms with Crippen LogP contribution >= 0.6 is 11.3 Å². The van der Waals surface area contributed by atoms with Crippen molar-refractivity contribution in [1.29, 1.82) is 0 Å². The second-order valence-corrected chi connectivity index (χ2v) is 6.81. The van der Waals surface area contributed by atoms with Gasteiger partial charge >= 0.3 is 0 Å². The van der Waals surface area contributed by atoms with Crippen LogP contribution in [-0.2, 0) is 13.2 Å². The Morgan fingerprint density at radius 1 is 1.08 bits per heavy atom. The molecule has 0 radical (unpaired) electrons. The first-order valence-corrected chi connectivity index (χ1v) is 8.92. The van der Waals surface area contributed by atoms with Crippen LogP contribution in [0.15, 0.2) is 47.8 Å². The molecule has 0 atom stereocenters. The van der Waals surface area contributed by atoms with E-state index >= 15 is 0 Å². The van der Waals surface area contributed by atoms with E-state index in [4.69, 9.17) is 9.72 Å². The van der Waals surface area contributed by atoms with Gasteiger partial charge in [-0.25, -0.2) is 4.98 Å². The maximum atomic E-state index is 6.01. The molecular formula is C20H22N2OS. The first kappa shape index (κ1) is 16.7. The number of aromatic nitrogens is 1. The van der Waals surface area contributed by atoms with Gasteiger partial charge in [-0.15, -0.1) is 11.3 Å². The first-order valence-electron chi connectivity index (χ1n) is 8.04. The molecule has 0 spiro atoms. The van der Waals surface area contributed by atoms with Gasteiger partial charge in [0.25, 0.3) is 0 Å². The average molecular weight is 338 g/mol. The van der Waals surface area contributed by atoms with Gasteiger partial charge in [-0.2, -0.15) is 0 Å². The van der Waals surface area contributed by atoms with Crippen molar-refractivity contribution in [3.05, 3.63) is 69.5 Å². The third kappa shape index (κ3) is 3.83. The zero-order chi connectivity index (χ0) is 16.9. The molecule has 0 saturated carbocycles. The quantitative estimate of drug-likeness (QED) is 0.706. The monoisotopic (exact) mass is 338 g/mol. The van der Waals surface area contributed by atoms with Crippen molar-refractivity contribution in [2.24, 2.45) is 0 Å². The predicted molar refractivity (Wildman–Crippen MR) is 101 cm³/mol. The molecular weight excluding hydrogens is 316 g/mol. The number of hydrogen-bond acceptors (Lipinski definition) is 4. The Morgan fingerprint density at radius 2 is 1.88 bits per heavy atom. The molecule has 0 saturated heterocycles. The van der Waals surface area contributed by atoms with E-state index in [1.54, 1.807) is 11.3 Å². The summed E-state index contributed by atoms with van der Waals surface area (Å²) in [6, 6.07) is 14.5. The normalized spacial score (nSPS) is 10.8. The molecule has 1 heterocycles. The Kier molecular flexibility index (Phi) is 5.28. The van der Waals surface area contributed by atoms with E-state index in [0.717, 1.165) is 28.6 Å². The highest BCUT2D eigenvalue weighted by Crippen LogP contribution is 2.31. The average Bonchev–Trinajstić information content (AvgIpc) is 3.05. The molecule has 3 rings (SSSR count). The lowest BCUT2D eigenvalue weighted by Gasteiger charge is -2.13. The van der Waals surface area contributed by atoms with E-state index in [0.29, 0.717) is 6.61 Å². The molecule has 0 amide bonds. The van der Waals surface area contributed by atoms with E-state index < -0.39 is 0 Å². The van der Waals surface area contributed by atoms with Gasteiger partial charge in [0.15, 0.2) is 0 Å².